The molecule has 1 N–H and O–H groups in total. The Kier molecular flexibility index (Phi) is 8.31. The van der Waals surface area contributed by atoms with Crippen molar-refractivity contribution in [3.05, 3.63) is 0 Å². The van der Waals surface area contributed by atoms with E-state index >= 15 is 0 Å². The zero-order valence-electron chi connectivity index (χ0n) is 15.6. The Balaban J connectivity index is 2.04. The van der Waals surface area contributed by atoms with E-state index in [1.165, 1.54) is 77.2 Å². The molecule has 0 spiro atoms. The van der Waals surface area contributed by atoms with Crippen LogP contribution in [0.4, 0.5) is 0 Å². The molecule has 0 amide bonds. The Labute approximate surface area is 134 Å². The van der Waals surface area contributed by atoms with Crippen LogP contribution in [0, 0.1) is 10.8 Å². The summed E-state index contributed by atoms with van der Waals surface area (Å²) >= 11 is 0. The Bertz CT molecular complexity index is 251. The first kappa shape index (κ1) is 19.0. The highest BCUT2D eigenvalue weighted by Crippen LogP contribution is 2.45. The minimum Gasteiger partial charge on any atom is -0.314 e. The number of rotatable bonds is 10. The fourth-order valence-corrected chi connectivity index (χ4v) is 4.56. The first-order chi connectivity index (χ1) is 9.85. The molecule has 0 radical (unpaired) electrons. The van der Waals surface area contributed by atoms with Crippen LogP contribution in [0.2, 0.25) is 0 Å². The molecule has 0 aliphatic heterocycles. The number of hydrogen-bond donors (Lipinski definition) is 1. The molecule has 0 aromatic rings. The van der Waals surface area contributed by atoms with E-state index in [9.17, 15) is 0 Å². The maximum absolute atomic E-state index is 3.84. The van der Waals surface area contributed by atoms with E-state index in [0.29, 0.717) is 10.8 Å². The lowest BCUT2D eigenvalue weighted by Gasteiger charge is -2.45. The van der Waals surface area contributed by atoms with Gasteiger partial charge in [0.25, 0.3) is 0 Å². The number of unbranched alkanes of at least 4 members (excludes halogenated alkanes) is 7. The molecule has 1 heteroatoms. The van der Waals surface area contributed by atoms with E-state index in [0.717, 1.165) is 6.04 Å². The molecule has 0 unspecified atom stereocenters. The molecule has 1 aliphatic carbocycles. The summed E-state index contributed by atoms with van der Waals surface area (Å²) in [5.41, 5.74) is 1.03. The monoisotopic (exact) mass is 295 g/mol. The second kappa shape index (κ2) is 9.18. The molecule has 0 atom stereocenters. The third-order valence-corrected chi connectivity index (χ3v) is 5.02. The van der Waals surface area contributed by atoms with Crippen molar-refractivity contribution in [1.29, 1.82) is 0 Å². The molecule has 126 valence electrons. The molecule has 0 heterocycles. The topological polar surface area (TPSA) is 12.0 Å². The Morgan fingerprint density at radius 2 is 1.24 bits per heavy atom. The first-order valence-electron chi connectivity index (χ1n) is 9.58. The summed E-state index contributed by atoms with van der Waals surface area (Å²) in [5.74, 6) is 0. The molecule has 1 rings (SSSR count). The largest absolute Gasteiger partial charge is 0.314 e. The zero-order chi connectivity index (χ0) is 15.8. The molecule has 1 saturated carbocycles. The van der Waals surface area contributed by atoms with E-state index in [2.05, 4.69) is 39.9 Å². The summed E-state index contributed by atoms with van der Waals surface area (Å²) in [7, 11) is 0. The predicted octanol–water partition coefficient (Wildman–Crippen LogP) is 6.32. The summed E-state index contributed by atoms with van der Waals surface area (Å²) in [6.07, 6.45) is 15.4. The van der Waals surface area contributed by atoms with E-state index < -0.39 is 0 Å². The van der Waals surface area contributed by atoms with Crippen LogP contribution in [0.25, 0.3) is 0 Å². The van der Waals surface area contributed by atoms with E-state index in [-0.39, 0.29) is 0 Å². The summed E-state index contributed by atoms with van der Waals surface area (Å²) < 4.78 is 0. The van der Waals surface area contributed by atoms with Gasteiger partial charge in [0.05, 0.1) is 0 Å². The van der Waals surface area contributed by atoms with Gasteiger partial charge in [-0.15, -0.1) is 0 Å². The van der Waals surface area contributed by atoms with E-state index in [1.807, 2.05) is 0 Å². The van der Waals surface area contributed by atoms with Crippen LogP contribution in [-0.2, 0) is 0 Å². The summed E-state index contributed by atoms with van der Waals surface area (Å²) in [6, 6.07) is 0.744. The van der Waals surface area contributed by atoms with Crippen molar-refractivity contribution >= 4 is 0 Å². The van der Waals surface area contributed by atoms with Crippen LogP contribution < -0.4 is 5.32 Å². The van der Waals surface area contributed by atoms with Crippen LogP contribution in [-0.4, -0.2) is 12.6 Å². The van der Waals surface area contributed by atoms with Crippen molar-refractivity contribution in [2.45, 2.75) is 111 Å². The Morgan fingerprint density at radius 1 is 0.762 bits per heavy atom. The maximum Gasteiger partial charge on any atom is 0.00772 e. The molecule has 0 aromatic heterocycles. The molecular weight excluding hydrogens is 254 g/mol. The van der Waals surface area contributed by atoms with Gasteiger partial charge in [-0.3, -0.25) is 0 Å². The molecule has 1 nitrogen and oxygen atoms in total. The van der Waals surface area contributed by atoms with Gasteiger partial charge in [0.15, 0.2) is 0 Å². The van der Waals surface area contributed by atoms with Crippen LogP contribution in [0.1, 0.15) is 105 Å². The summed E-state index contributed by atoms with van der Waals surface area (Å²) in [6.45, 7) is 13.3. The van der Waals surface area contributed by atoms with E-state index in [4.69, 9.17) is 0 Å². The van der Waals surface area contributed by atoms with Crippen molar-refractivity contribution < 1.29 is 0 Å². The Morgan fingerprint density at radius 3 is 1.76 bits per heavy atom. The van der Waals surface area contributed by atoms with Crippen molar-refractivity contribution in [3.63, 3.8) is 0 Å². The van der Waals surface area contributed by atoms with Crippen LogP contribution in [0.15, 0.2) is 0 Å². The molecular formula is C20H41N. The normalized spacial score (nSPS) is 21.6. The first-order valence-corrected chi connectivity index (χ1v) is 9.58. The molecule has 0 saturated heterocycles. The Hall–Kier alpha value is -0.0400. The zero-order valence-corrected chi connectivity index (χ0v) is 15.6. The van der Waals surface area contributed by atoms with Crippen molar-refractivity contribution in [1.82, 2.24) is 5.32 Å². The average Bonchev–Trinajstić information content (AvgIpc) is 2.33. The van der Waals surface area contributed by atoms with E-state index in [1.54, 1.807) is 0 Å². The van der Waals surface area contributed by atoms with Crippen molar-refractivity contribution in [3.8, 4) is 0 Å². The highest BCUT2D eigenvalue weighted by atomic mass is 14.9. The van der Waals surface area contributed by atoms with Gasteiger partial charge >= 0.3 is 0 Å². The van der Waals surface area contributed by atoms with Crippen molar-refractivity contribution in [2.24, 2.45) is 10.8 Å². The van der Waals surface area contributed by atoms with Gasteiger partial charge < -0.3 is 5.32 Å². The minimum absolute atomic E-state index is 0.513. The second-order valence-electron chi connectivity index (χ2n) is 9.04. The third kappa shape index (κ3) is 8.86. The summed E-state index contributed by atoms with van der Waals surface area (Å²) in [4.78, 5) is 0. The van der Waals surface area contributed by atoms with Crippen LogP contribution >= 0.6 is 0 Å². The van der Waals surface area contributed by atoms with Crippen molar-refractivity contribution in [2.75, 3.05) is 6.54 Å². The number of nitrogens with one attached hydrogen (secondary N) is 1. The van der Waals surface area contributed by atoms with Gasteiger partial charge in [-0.05, 0) is 43.1 Å². The van der Waals surface area contributed by atoms with Crippen LogP contribution in [0.3, 0.4) is 0 Å². The average molecular weight is 296 g/mol. The third-order valence-electron chi connectivity index (χ3n) is 5.02. The smallest absolute Gasteiger partial charge is 0.00772 e. The lowest BCUT2D eigenvalue weighted by molar-refractivity contribution is 0.0851. The van der Waals surface area contributed by atoms with Gasteiger partial charge in [0.2, 0.25) is 0 Å². The molecule has 0 aromatic carbocycles. The SMILES string of the molecule is CCCCCCCCCCNC1CC(C)(C)CC(C)(C)C1. The van der Waals surface area contributed by atoms with Gasteiger partial charge in [-0.25, -0.2) is 0 Å². The number of hydrogen-bond acceptors (Lipinski definition) is 1. The standard InChI is InChI=1S/C20H41N/c1-6-7-8-9-10-11-12-13-14-21-18-15-19(2,3)17-20(4,5)16-18/h18,21H,6-17H2,1-5H3. The highest BCUT2D eigenvalue weighted by molar-refractivity contribution is 4.92. The predicted molar refractivity (Wildman–Crippen MR) is 95.8 cm³/mol. The lowest BCUT2D eigenvalue weighted by Crippen LogP contribution is -2.44. The highest BCUT2D eigenvalue weighted by Gasteiger charge is 2.37. The van der Waals surface area contributed by atoms with Gasteiger partial charge in [0.1, 0.15) is 0 Å². The summed E-state index contributed by atoms with van der Waals surface area (Å²) in [5, 5.41) is 3.84. The molecule has 0 bridgehead atoms. The van der Waals surface area contributed by atoms with Gasteiger partial charge in [0, 0.05) is 6.04 Å². The molecule has 1 aliphatic rings. The fourth-order valence-electron chi connectivity index (χ4n) is 4.56. The fraction of sp³-hybridized carbons (Fsp3) is 1.00. The quantitative estimate of drug-likeness (QED) is 0.465. The van der Waals surface area contributed by atoms with Crippen LogP contribution in [0.5, 0.6) is 0 Å². The molecule has 21 heavy (non-hydrogen) atoms. The van der Waals surface area contributed by atoms with Gasteiger partial charge in [-0.1, -0.05) is 79.6 Å². The second-order valence-corrected chi connectivity index (χ2v) is 9.04. The lowest BCUT2D eigenvalue weighted by atomic mass is 9.63. The van der Waals surface area contributed by atoms with Gasteiger partial charge in [-0.2, -0.15) is 0 Å². The minimum atomic E-state index is 0.513. The molecule has 1 fully saturated rings. The maximum atomic E-state index is 3.84.